The lowest BCUT2D eigenvalue weighted by molar-refractivity contribution is -0.144. The normalized spacial score (nSPS) is 19.9. The van der Waals surface area contributed by atoms with Crippen LogP contribution in [0.2, 0.25) is 0 Å². The number of nitrogens with zero attached hydrogens (tertiary/aromatic N) is 1. The number of methoxy groups -OCH3 is 1. The SMILES string of the molecule is COCCOC(=O)C1=C(C)NC(C)=C(C(=O)OC2CCCC2)C1c1cccnc1. The molecule has 2 heterocycles. The standard InChI is InChI=1S/C22H28N2O5/c1-14-18(21(25)28-12-11-27-3)20(16-7-6-10-23-13-16)19(15(2)24-14)22(26)29-17-8-4-5-9-17/h6-7,10,13,17,20,24H,4-5,8-9,11-12H2,1-3H3. The number of rotatable bonds is 7. The van der Waals surface area contributed by atoms with E-state index in [1.165, 1.54) is 0 Å². The molecule has 7 nitrogen and oxygen atoms in total. The fourth-order valence-corrected chi connectivity index (χ4v) is 3.93. The Hall–Kier alpha value is -2.67. The highest BCUT2D eigenvalue weighted by molar-refractivity contribution is 5.99. The topological polar surface area (TPSA) is 86.8 Å². The van der Waals surface area contributed by atoms with Crippen LogP contribution < -0.4 is 5.32 Å². The van der Waals surface area contributed by atoms with Gasteiger partial charge in [0.15, 0.2) is 0 Å². The van der Waals surface area contributed by atoms with E-state index in [9.17, 15) is 9.59 Å². The largest absolute Gasteiger partial charge is 0.460 e. The van der Waals surface area contributed by atoms with E-state index in [2.05, 4.69) is 10.3 Å². The highest BCUT2D eigenvalue weighted by Gasteiger charge is 2.39. The van der Waals surface area contributed by atoms with Crippen molar-refractivity contribution in [2.45, 2.75) is 51.6 Å². The molecule has 1 aliphatic carbocycles. The molecule has 0 bridgehead atoms. The third-order valence-corrected chi connectivity index (χ3v) is 5.31. The smallest absolute Gasteiger partial charge is 0.337 e. The summed E-state index contributed by atoms with van der Waals surface area (Å²) in [7, 11) is 1.54. The molecule has 0 saturated heterocycles. The molecule has 1 aliphatic heterocycles. The van der Waals surface area contributed by atoms with Crippen LogP contribution in [0.1, 0.15) is 51.0 Å². The highest BCUT2D eigenvalue weighted by atomic mass is 16.6. The summed E-state index contributed by atoms with van der Waals surface area (Å²) in [6.45, 7) is 4.06. The maximum Gasteiger partial charge on any atom is 0.337 e. The van der Waals surface area contributed by atoms with Crippen LogP contribution in [0.5, 0.6) is 0 Å². The Morgan fingerprint density at radius 3 is 2.41 bits per heavy atom. The Balaban J connectivity index is 1.96. The minimum atomic E-state index is -0.603. The van der Waals surface area contributed by atoms with Gasteiger partial charge in [0, 0.05) is 30.9 Å². The molecule has 1 N–H and O–H groups in total. The van der Waals surface area contributed by atoms with Gasteiger partial charge in [0.2, 0.25) is 0 Å². The Bertz CT molecular complexity index is 810. The molecule has 7 heteroatoms. The number of carbonyl (C=O) groups excluding carboxylic acids is 2. The van der Waals surface area contributed by atoms with Gasteiger partial charge in [-0.1, -0.05) is 6.07 Å². The van der Waals surface area contributed by atoms with Gasteiger partial charge in [-0.15, -0.1) is 0 Å². The molecule has 1 fully saturated rings. The van der Waals surface area contributed by atoms with Crippen LogP contribution in [0.4, 0.5) is 0 Å². The predicted molar refractivity (Wildman–Crippen MR) is 107 cm³/mol. The molecule has 2 aliphatic rings. The fraction of sp³-hybridized carbons (Fsp3) is 0.500. The lowest BCUT2D eigenvalue weighted by atomic mass is 9.81. The van der Waals surface area contributed by atoms with Crippen LogP contribution in [-0.2, 0) is 23.8 Å². The first-order valence-electron chi connectivity index (χ1n) is 9.98. The molecule has 1 unspecified atom stereocenters. The zero-order valence-electron chi connectivity index (χ0n) is 17.2. The quantitative estimate of drug-likeness (QED) is 0.556. The minimum absolute atomic E-state index is 0.0681. The average Bonchev–Trinajstić information content (AvgIpc) is 3.21. The van der Waals surface area contributed by atoms with E-state index in [0.717, 1.165) is 31.2 Å². The molecule has 29 heavy (non-hydrogen) atoms. The average molecular weight is 400 g/mol. The molecule has 0 radical (unpaired) electrons. The van der Waals surface area contributed by atoms with Crippen LogP contribution in [0, 0.1) is 0 Å². The maximum atomic E-state index is 13.1. The highest BCUT2D eigenvalue weighted by Crippen LogP contribution is 2.39. The first kappa shape index (κ1) is 21.0. The number of hydrogen-bond donors (Lipinski definition) is 1. The summed E-state index contributed by atoms with van der Waals surface area (Å²) in [6, 6.07) is 3.64. The van der Waals surface area contributed by atoms with Crippen LogP contribution in [0.3, 0.4) is 0 Å². The number of ether oxygens (including phenoxy) is 3. The first-order valence-corrected chi connectivity index (χ1v) is 9.98. The molecule has 1 aromatic heterocycles. The fourth-order valence-electron chi connectivity index (χ4n) is 3.93. The van der Waals surface area contributed by atoms with Gasteiger partial charge in [-0.2, -0.15) is 0 Å². The number of carbonyl (C=O) groups is 2. The first-order chi connectivity index (χ1) is 14.0. The molecule has 0 aromatic carbocycles. The Kier molecular flexibility index (Phi) is 7.04. The van der Waals surface area contributed by atoms with Crippen molar-refractivity contribution in [3.05, 3.63) is 52.6 Å². The molecule has 156 valence electrons. The summed E-state index contributed by atoms with van der Waals surface area (Å²) in [5.41, 5.74) is 2.88. The third kappa shape index (κ3) is 4.85. The van der Waals surface area contributed by atoms with Gasteiger partial charge in [-0.25, -0.2) is 9.59 Å². The summed E-state index contributed by atoms with van der Waals surface area (Å²) < 4.78 is 16.1. The van der Waals surface area contributed by atoms with Gasteiger partial charge < -0.3 is 19.5 Å². The van der Waals surface area contributed by atoms with Crippen molar-refractivity contribution in [2.75, 3.05) is 20.3 Å². The van der Waals surface area contributed by atoms with Gasteiger partial charge >= 0.3 is 11.9 Å². The summed E-state index contributed by atoms with van der Waals surface area (Å²) in [5.74, 6) is -1.49. The van der Waals surface area contributed by atoms with Crippen molar-refractivity contribution in [2.24, 2.45) is 0 Å². The zero-order valence-corrected chi connectivity index (χ0v) is 17.2. The van der Waals surface area contributed by atoms with Gasteiger partial charge in [0.25, 0.3) is 0 Å². The molecular weight excluding hydrogens is 372 g/mol. The van der Waals surface area contributed by atoms with E-state index in [0.29, 0.717) is 29.1 Å². The van der Waals surface area contributed by atoms with Crippen LogP contribution in [0.15, 0.2) is 47.1 Å². The van der Waals surface area contributed by atoms with Gasteiger partial charge in [0.05, 0.1) is 23.7 Å². The summed E-state index contributed by atoms with van der Waals surface area (Å²) >= 11 is 0. The van der Waals surface area contributed by atoms with E-state index >= 15 is 0 Å². The van der Waals surface area contributed by atoms with Crippen molar-refractivity contribution < 1.29 is 23.8 Å². The Morgan fingerprint density at radius 2 is 1.79 bits per heavy atom. The number of esters is 2. The Morgan fingerprint density at radius 1 is 1.10 bits per heavy atom. The van der Waals surface area contributed by atoms with E-state index in [1.807, 2.05) is 13.0 Å². The number of hydrogen-bond acceptors (Lipinski definition) is 7. The van der Waals surface area contributed by atoms with Gasteiger partial charge in [0.1, 0.15) is 12.7 Å². The van der Waals surface area contributed by atoms with Crippen molar-refractivity contribution in [1.82, 2.24) is 10.3 Å². The van der Waals surface area contributed by atoms with E-state index < -0.39 is 17.9 Å². The number of nitrogens with one attached hydrogen (secondary N) is 1. The molecular formula is C22H28N2O5. The number of allylic oxidation sites excluding steroid dienone is 2. The summed E-state index contributed by atoms with van der Waals surface area (Å²) in [4.78, 5) is 30.3. The monoisotopic (exact) mass is 400 g/mol. The molecule has 3 rings (SSSR count). The number of aromatic nitrogens is 1. The van der Waals surface area contributed by atoms with Crippen molar-refractivity contribution >= 4 is 11.9 Å². The van der Waals surface area contributed by atoms with E-state index in [4.69, 9.17) is 14.2 Å². The lowest BCUT2D eigenvalue weighted by Gasteiger charge is -2.30. The van der Waals surface area contributed by atoms with Crippen molar-refractivity contribution in [3.8, 4) is 0 Å². The predicted octanol–water partition coefficient (Wildman–Crippen LogP) is 2.99. The van der Waals surface area contributed by atoms with Crippen molar-refractivity contribution in [3.63, 3.8) is 0 Å². The van der Waals surface area contributed by atoms with Crippen molar-refractivity contribution in [1.29, 1.82) is 0 Å². The van der Waals surface area contributed by atoms with Gasteiger partial charge in [-0.05, 0) is 51.2 Å². The number of pyridine rings is 1. The molecule has 0 amide bonds. The van der Waals surface area contributed by atoms with Crippen LogP contribution >= 0.6 is 0 Å². The van der Waals surface area contributed by atoms with Crippen LogP contribution in [-0.4, -0.2) is 43.4 Å². The zero-order chi connectivity index (χ0) is 20.8. The second kappa shape index (κ2) is 9.69. The third-order valence-electron chi connectivity index (χ3n) is 5.31. The number of dihydropyridines is 1. The van der Waals surface area contributed by atoms with E-state index in [1.54, 1.807) is 32.5 Å². The molecule has 1 aromatic rings. The lowest BCUT2D eigenvalue weighted by Crippen LogP contribution is -2.33. The molecule has 0 spiro atoms. The second-order valence-corrected chi connectivity index (χ2v) is 7.36. The second-order valence-electron chi connectivity index (χ2n) is 7.36. The summed E-state index contributed by atoms with van der Waals surface area (Å²) in [6.07, 6.45) is 7.15. The van der Waals surface area contributed by atoms with Gasteiger partial charge in [-0.3, -0.25) is 4.98 Å². The molecule has 1 atom stereocenters. The molecule has 1 saturated carbocycles. The Labute approximate surface area is 171 Å². The van der Waals surface area contributed by atoms with Crippen LogP contribution in [0.25, 0.3) is 0 Å². The summed E-state index contributed by atoms with van der Waals surface area (Å²) in [5, 5.41) is 3.16. The minimum Gasteiger partial charge on any atom is -0.460 e. The maximum absolute atomic E-state index is 13.1. The van der Waals surface area contributed by atoms with E-state index in [-0.39, 0.29) is 12.7 Å².